The predicted molar refractivity (Wildman–Crippen MR) is 65.4 cm³/mol. The van der Waals surface area contributed by atoms with E-state index in [1.807, 2.05) is 0 Å². The van der Waals surface area contributed by atoms with E-state index < -0.39 is 0 Å². The van der Waals surface area contributed by atoms with Gasteiger partial charge < -0.3 is 5.32 Å². The molecule has 1 aliphatic heterocycles. The maximum absolute atomic E-state index is 12.4. The molecule has 0 amide bonds. The van der Waals surface area contributed by atoms with Gasteiger partial charge in [0.25, 0.3) is 0 Å². The minimum Gasteiger partial charge on any atom is -0.309 e. The Kier molecular flexibility index (Phi) is 3.55. The summed E-state index contributed by atoms with van der Waals surface area (Å²) in [5, 5.41) is 3.66. The van der Waals surface area contributed by atoms with Crippen LogP contribution in [0.4, 0.5) is 4.39 Å². The second-order valence-electron chi connectivity index (χ2n) is 6.13. The standard InChI is InChI=1S/C13H25FN2/c1-12(2)11-16(9-5-8-14)13(10-15-12)6-3-4-7-13/h15H,3-11H2,1-2H3. The Morgan fingerprint density at radius 3 is 2.56 bits per heavy atom. The molecule has 1 spiro atoms. The van der Waals surface area contributed by atoms with Crippen molar-refractivity contribution in [3.05, 3.63) is 0 Å². The Morgan fingerprint density at radius 2 is 1.94 bits per heavy atom. The minimum absolute atomic E-state index is 0.180. The topological polar surface area (TPSA) is 15.3 Å². The largest absolute Gasteiger partial charge is 0.309 e. The van der Waals surface area contributed by atoms with Crippen LogP contribution in [-0.2, 0) is 0 Å². The molecule has 1 heterocycles. The molecule has 2 rings (SSSR count). The van der Waals surface area contributed by atoms with Crippen LogP contribution in [0.2, 0.25) is 0 Å². The van der Waals surface area contributed by atoms with Crippen molar-refractivity contribution in [2.24, 2.45) is 0 Å². The van der Waals surface area contributed by atoms with Crippen LogP contribution in [0.1, 0.15) is 46.0 Å². The zero-order valence-electron chi connectivity index (χ0n) is 10.7. The van der Waals surface area contributed by atoms with E-state index in [-0.39, 0.29) is 12.2 Å². The SMILES string of the molecule is CC1(C)CN(CCCF)C2(CCCC2)CN1. The maximum atomic E-state index is 12.4. The van der Waals surface area contributed by atoms with Gasteiger partial charge in [-0.05, 0) is 33.1 Å². The number of hydrogen-bond acceptors (Lipinski definition) is 2. The lowest BCUT2D eigenvalue weighted by Crippen LogP contribution is -2.67. The first kappa shape index (κ1) is 12.3. The fourth-order valence-electron chi connectivity index (χ4n) is 3.31. The van der Waals surface area contributed by atoms with Crippen LogP contribution in [0.5, 0.6) is 0 Å². The number of piperazine rings is 1. The molecule has 3 heteroatoms. The van der Waals surface area contributed by atoms with Gasteiger partial charge in [0, 0.05) is 30.7 Å². The first-order valence-electron chi connectivity index (χ1n) is 6.64. The van der Waals surface area contributed by atoms with Crippen LogP contribution >= 0.6 is 0 Å². The molecule has 0 aromatic carbocycles. The second-order valence-corrected chi connectivity index (χ2v) is 6.13. The molecule has 1 N–H and O–H groups in total. The van der Waals surface area contributed by atoms with Crippen LogP contribution in [-0.4, -0.2) is 42.3 Å². The molecular formula is C13H25FN2. The van der Waals surface area contributed by atoms with Gasteiger partial charge in [-0.25, -0.2) is 0 Å². The highest BCUT2D eigenvalue weighted by molar-refractivity contribution is 5.04. The van der Waals surface area contributed by atoms with E-state index in [1.54, 1.807) is 0 Å². The Morgan fingerprint density at radius 1 is 1.25 bits per heavy atom. The zero-order valence-corrected chi connectivity index (χ0v) is 10.7. The van der Waals surface area contributed by atoms with Crippen LogP contribution in [0.3, 0.4) is 0 Å². The first-order valence-corrected chi connectivity index (χ1v) is 6.64. The molecule has 0 atom stereocenters. The van der Waals surface area contributed by atoms with Gasteiger partial charge >= 0.3 is 0 Å². The molecule has 2 aliphatic rings. The Balaban J connectivity index is 2.05. The summed E-state index contributed by atoms with van der Waals surface area (Å²) in [7, 11) is 0. The van der Waals surface area contributed by atoms with E-state index in [9.17, 15) is 4.39 Å². The molecule has 2 fully saturated rings. The van der Waals surface area contributed by atoms with Crippen molar-refractivity contribution in [2.45, 2.75) is 57.0 Å². The number of alkyl halides is 1. The number of nitrogens with one attached hydrogen (secondary N) is 1. The maximum Gasteiger partial charge on any atom is 0.0906 e. The highest BCUT2D eigenvalue weighted by Crippen LogP contribution is 2.38. The van der Waals surface area contributed by atoms with Gasteiger partial charge in [0.15, 0.2) is 0 Å². The summed E-state index contributed by atoms with van der Waals surface area (Å²) in [6.07, 6.45) is 5.96. The number of nitrogens with zero attached hydrogens (tertiary/aromatic N) is 1. The van der Waals surface area contributed by atoms with Crippen LogP contribution in [0.15, 0.2) is 0 Å². The summed E-state index contributed by atoms with van der Waals surface area (Å²) < 4.78 is 12.4. The highest BCUT2D eigenvalue weighted by Gasteiger charge is 2.45. The summed E-state index contributed by atoms with van der Waals surface area (Å²) >= 11 is 0. The minimum atomic E-state index is -0.180. The molecule has 0 aromatic rings. The average Bonchev–Trinajstić information content (AvgIpc) is 2.70. The van der Waals surface area contributed by atoms with Crippen LogP contribution in [0, 0.1) is 0 Å². The van der Waals surface area contributed by atoms with Gasteiger partial charge in [0.2, 0.25) is 0 Å². The molecule has 1 saturated heterocycles. The van der Waals surface area contributed by atoms with Gasteiger partial charge in [-0.2, -0.15) is 0 Å². The molecule has 0 radical (unpaired) electrons. The zero-order chi connectivity index (χ0) is 11.6. The molecule has 0 bridgehead atoms. The highest BCUT2D eigenvalue weighted by atomic mass is 19.1. The van der Waals surface area contributed by atoms with Gasteiger partial charge in [-0.3, -0.25) is 9.29 Å². The number of rotatable bonds is 3. The van der Waals surface area contributed by atoms with Crippen molar-refractivity contribution < 1.29 is 4.39 Å². The lowest BCUT2D eigenvalue weighted by Gasteiger charge is -2.51. The Hall–Kier alpha value is -0.150. The van der Waals surface area contributed by atoms with Crippen LogP contribution < -0.4 is 5.32 Å². The smallest absolute Gasteiger partial charge is 0.0906 e. The first-order chi connectivity index (χ1) is 7.58. The van der Waals surface area contributed by atoms with Gasteiger partial charge in [0.05, 0.1) is 6.67 Å². The summed E-state index contributed by atoms with van der Waals surface area (Å²) in [5.41, 5.74) is 0.537. The van der Waals surface area contributed by atoms with Crippen molar-refractivity contribution in [1.82, 2.24) is 10.2 Å². The molecule has 0 unspecified atom stereocenters. The third kappa shape index (κ3) is 2.40. The molecule has 94 valence electrons. The Labute approximate surface area is 98.6 Å². The van der Waals surface area contributed by atoms with Crippen molar-refractivity contribution in [2.75, 3.05) is 26.3 Å². The molecule has 2 nitrogen and oxygen atoms in total. The molecule has 1 saturated carbocycles. The summed E-state index contributed by atoms with van der Waals surface area (Å²) in [6, 6.07) is 0. The van der Waals surface area contributed by atoms with Gasteiger partial charge in [0.1, 0.15) is 0 Å². The summed E-state index contributed by atoms with van der Waals surface area (Å²) in [5.74, 6) is 0. The third-order valence-electron chi connectivity index (χ3n) is 4.25. The lowest BCUT2D eigenvalue weighted by atomic mass is 9.87. The van der Waals surface area contributed by atoms with Crippen molar-refractivity contribution in [3.8, 4) is 0 Å². The van der Waals surface area contributed by atoms with Crippen molar-refractivity contribution >= 4 is 0 Å². The van der Waals surface area contributed by atoms with E-state index in [1.165, 1.54) is 25.7 Å². The van der Waals surface area contributed by atoms with E-state index in [2.05, 4.69) is 24.1 Å². The number of halogens is 1. The summed E-state index contributed by atoms with van der Waals surface area (Å²) in [6.45, 7) is 7.40. The fraction of sp³-hybridized carbons (Fsp3) is 1.00. The van der Waals surface area contributed by atoms with Gasteiger partial charge in [-0.15, -0.1) is 0 Å². The van der Waals surface area contributed by atoms with Crippen molar-refractivity contribution in [1.29, 1.82) is 0 Å². The normalized spacial score (nSPS) is 28.7. The second kappa shape index (κ2) is 4.61. The summed E-state index contributed by atoms with van der Waals surface area (Å²) in [4.78, 5) is 2.57. The molecule has 1 aliphatic carbocycles. The lowest BCUT2D eigenvalue weighted by molar-refractivity contribution is 0.0170. The molecule has 0 aromatic heterocycles. The molecular weight excluding hydrogens is 203 g/mol. The average molecular weight is 228 g/mol. The van der Waals surface area contributed by atoms with E-state index >= 15 is 0 Å². The van der Waals surface area contributed by atoms with Gasteiger partial charge in [-0.1, -0.05) is 12.8 Å². The monoisotopic (exact) mass is 228 g/mol. The fourth-order valence-corrected chi connectivity index (χ4v) is 3.31. The van der Waals surface area contributed by atoms with E-state index in [0.717, 1.165) is 19.6 Å². The van der Waals surface area contributed by atoms with E-state index in [4.69, 9.17) is 0 Å². The third-order valence-corrected chi connectivity index (χ3v) is 4.25. The van der Waals surface area contributed by atoms with Crippen LogP contribution in [0.25, 0.3) is 0 Å². The quantitative estimate of drug-likeness (QED) is 0.797. The number of hydrogen-bond donors (Lipinski definition) is 1. The molecule has 16 heavy (non-hydrogen) atoms. The Bertz CT molecular complexity index is 234. The predicted octanol–water partition coefficient (Wildman–Crippen LogP) is 2.34. The van der Waals surface area contributed by atoms with E-state index in [0.29, 0.717) is 12.0 Å². The van der Waals surface area contributed by atoms with Crippen molar-refractivity contribution in [3.63, 3.8) is 0 Å².